The average molecular weight is 506 g/mol. The molecule has 0 fully saturated rings. The molecule has 1 aliphatic heterocycles. The third-order valence-electron chi connectivity index (χ3n) is 6.23. The summed E-state index contributed by atoms with van der Waals surface area (Å²) in [5.41, 5.74) is 9.02. The van der Waals surface area contributed by atoms with Crippen LogP contribution in [0.3, 0.4) is 0 Å². The molecule has 2 atom stereocenters. The van der Waals surface area contributed by atoms with Crippen LogP contribution in [0.25, 0.3) is 11.1 Å². The van der Waals surface area contributed by atoms with Crippen molar-refractivity contribution < 1.29 is 23.5 Å². The molecule has 0 spiro atoms. The number of likely N-dealkylation sites (N-methyl/N-ethyl adjacent to an activating group) is 1. The number of ether oxygens (including phenoxy) is 2. The van der Waals surface area contributed by atoms with Crippen molar-refractivity contribution in [1.29, 1.82) is 0 Å². The van der Waals surface area contributed by atoms with Gasteiger partial charge in [-0.3, -0.25) is 9.59 Å². The number of nitrogens with two attached hydrogens (primary N) is 1. The maximum absolute atomic E-state index is 13.5. The molecular formula is C29H32FN3O4. The molecule has 4 rings (SSSR count). The van der Waals surface area contributed by atoms with Gasteiger partial charge in [0.25, 0.3) is 5.91 Å². The van der Waals surface area contributed by atoms with Crippen molar-refractivity contribution in [3.63, 3.8) is 0 Å². The number of amides is 2. The molecule has 0 bridgehead atoms. The van der Waals surface area contributed by atoms with E-state index in [1.165, 1.54) is 12.1 Å². The normalized spacial score (nSPS) is 16.2. The monoisotopic (exact) mass is 505 g/mol. The number of carbonyl (C=O) groups excluding carboxylic acids is 2. The molecule has 0 radical (unpaired) electrons. The Labute approximate surface area is 216 Å². The van der Waals surface area contributed by atoms with Crippen molar-refractivity contribution in [3.05, 3.63) is 83.2 Å². The summed E-state index contributed by atoms with van der Waals surface area (Å²) in [6, 6.07) is 16.8. The molecule has 4 N–H and O–H groups in total. The lowest BCUT2D eigenvalue weighted by molar-refractivity contribution is -0.123. The maximum Gasteiger partial charge on any atom is 0.251 e. The number of nitrogens with one attached hydrogen (secondary N) is 2. The highest BCUT2D eigenvalue weighted by molar-refractivity contribution is 5.96. The fourth-order valence-electron chi connectivity index (χ4n) is 4.37. The van der Waals surface area contributed by atoms with Crippen LogP contribution in [0.2, 0.25) is 0 Å². The van der Waals surface area contributed by atoms with Gasteiger partial charge in [0, 0.05) is 36.8 Å². The lowest BCUT2D eigenvalue weighted by atomic mass is 9.88. The molecule has 3 aromatic rings. The van der Waals surface area contributed by atoms with E-state index in [2.05, 4.69) is 10.6 Å². The van der Waals surface area contributed by atoms with Crippen molar-refractivity contribution >= 4 is 11.8 Å². The van der Waals surface area contributed by atoms with E-state index in [-0.39, 0.29) is 17.6 Å². The maximum atomic E-state index is 13.5. The second-order valence-electron chi connectivity index (χ2n) is 9.39. The van der Waals surface area contributed by atoms with Gasteiger partial charge in [0.05, 0.1) is 0 Å². The molecular weight excluding hydrogens is 473 g/mol. The van der Waals surface area contributed by atoms with E-state index in [0.29, 0.717) is 59.4 Å². The van der Waals surface area contributed by atoms with E-state index in [1.807, 2.05) is 32.0 Å². The minimum atomic E-state index is -0.642. The van der Waals surface area contributed by atoms with Crippen LogP contribution in [0.5, 0.6) is 11.5 Å². The molecule has 0 saturated heterocycles. The number of fused-ring (bicyclic) bond motifs is 1. The molecule has 37 heavy (non-hydrogen) atoms. The van der Waals surface area contributed by atoms with Gasteiger partial charge < -0.3 is 25.8 Å². The Kier molecular flexibility index (Phi) is 8.08. The molecule has 3 aromatic carbocycles. The molecule has 2 amide bonds. The predicted molar refractivity (Wildman–Crippen MR) is 140 cm³/mol. The Balaban J connectivity index is 1.75. The minimum Gasteiger partial charge on any atom is -0.492 e. The summed E-state index contributed by atoms with van der Waals surface area (Å²) in [5, 5.41) is 5.66. The van der Waals surface area contributed by atoms with Gasteiger partial charge in [-0.05, 0) is 59.5 Å². The van der Waals surface area contributed by atoms with Gasteiger partial charge in [0.2, 0.25) is 5.91 Å². The second kappa shape index (κ2) is 11.4. The highest BCUT2D eigenvalue weighted by Crippen LogP contribution is 2.48. The van der Waals surface area contributed by atoms with Crippen molar-refractivity contribution in [2.24, 2.45) is 11.7 Å². The van der Waals surface area contributed by atoms with Gasteiger partial charge in [-0.25, -0.2) is 4.39 Å². The first-order valence-corrected chi connectivity index (χ1v) is 12.4. The number of carbonyl (C=O) groups is 2. The Hall–Kier alpha value is -3.91. The summed E-state index contributed by atoms with van der Waals surface area (Å²) in [5.74, 6) is 0.0778. The molecule has 194 valence electrons. The smallest absolute Gasteiger partial charge is 0.251 e. The first kappa shape index (κ1) is 26.2. The van der Waals surface area contributed by atoms with E-state index < -0.39 is 12.0 Å². The number of halogens is 1. The lowest BCUT2D eigenvalue weighted by Gasteiger charge is -2.18. The molecule has 8 heteroatoms. The fraction of sp³-hybridized carbons (Fsp3) is 0.310. The highest BCUT2D eigenvalue weighted by Gasteiger charge is 2.40. The van der Waals surface area contributed by atoms with Gasteiger partial charge in [-0.2, -0.15) is 0 Å². The van der Waals surface area contributed by atoms with E-state index in [0.717, 1.165) is 5.56 Å². The number of rotatable bonds is 9. The zero-order valence-corrected chi connectivity index (χ0v) is 21.2. The van der Waals surface area contributed by atoms with Crippen LogP contribution in [-0.2, 0) is 4.79 Å². The standard InChI is InChI=1S/C29H32FN3O4/c1-17(2)16-33-28(34)20-7-10-24(36-13-12-31)22(15-20)19-6-11-25-23(14-19)26(29(35)32-3)27(37-25)18-4-8-21(30)9-5-18/h4-11,14-15,17,26-27H,12-13,16,31H2,1-3H3,(H,32,35)(H,33,34). The van der Waals surface area contributed by atoms with Crippen molar-refractivity contribution in [2.75, 3.05) is 26.7 Å². The molecule has 1 aliphatic rings. The first-order chi connectivity index (χ1) is 17.8. The lowest BCUT2D eigenvalue weighted by Crippen LogP contribution is -2.28. The predicted octanol–water partition coefficient (Wildman–Crippen LogP) is 4.18. The topological polar surface area (TPSA) is 103 Å². The van der Waals surface area contributed by atoms with Gasteiger partial charge in [-0.1, -0.05) is 32.0 Å². The third kappa shape index (κ3) is 5.75. The van der Waals surface area contributed by atoms with Gasteiger partial charge in [-0.15, -0.1) is 0 Å². The summed E-state index contributed by atoms with van der Waals surface area (Å²) in [7, 11) is 1.57. The van der Waals surface area contributed by atoms with Gasteiger partial charge in [0.15, 0.2) is 0 Å². The van der Waals surface area contributed by atoms with E-state index in [9.17, 15) is 14.0 Å². The summed E-state index contributed by atoms with van der Waals surface area (Å²) in [6.45, 7) is 5.28. The Morgan fingerprint density at radius 3 is 2.51 bits per heavy atom. The largest absolute Gasteiger partial charge is 0.492 e. The summed E-state index contributed by atoms with van der Waals surface area (Å²) >= 11 is 0. The van der Waals surface area contributed by atoms with Crippen molar-refractivity contribution in [2.45, 2.75) is 25.9 Å². The Bertz CT molecular complexity index is 1280. The average Bonchev–Trinajstić information content (AvgIpc) is 3.29. The summed E-state index contributed by atoms with van der Waals surface area (Å²) < 4.78 is 25.6. The van der Waals surface area contributed by atoms with E-state index in [1.54, 1.807) is 37.4 Å². The van der Waals surface area contributed by atoms with Crippen LogP contribution in [0.1, 0.15) is 47.4 Å². The van der Waals surface area contributed by atoms with E-state index in [4.69, 9.17) is 15.2 Å². The molecule has 0 saturated carbocycles. The zero-order valence-electron chi connectivity index (χ0n) is 21.2. The summed E-state index contributed by atoms with van der Waals surface area (Å²) in [4.78, 5) is 25.8. The van der Waals surface area contributed by atoms with Crippen LogP contribution in [0.4, 0.5) is 4.39 Å². The zero-order chi connectivity index (χ0) is 26.5. The van der Waals surface area contributed by atoms with Crippen LogP contribution in [0.15, 0.2) is 60.7 Å². The fourth-order valence-corrected chi connectivity index (χ4v) is 4.37. The van der Waals surface area contributed by atoms with Crippen LogP contribution < -0.4 is 25.8 Å². The van der Waals surface area contributed by atoms with Crippen LogP contribution >= 0.6 is 0 Å². The van der Waals surface area contributed by atoms with Crippen molar-refractivity contribution in [1.82, 2.24) is 10.6 Å². The minimum absolute atomic E-state index is 0.176. The summed E-state index contributed by atoms with van der Waals surface area (Å²) in [6.07, 6.45) is -0.605. The molecule has 0 aliphatic carbocycles. The number of hydrogen-bond acceptors (Lipinski definition) is 5. The van der Waals surface area contributed by atoms with Gasteiger partial charge in [0.1, 0.15) is 35.9 Å². The molecule has 0 aromatic heterocycles. The van der Waals surface area contributed by atoms with Gasteiger partial charge >= 0.3 is 0 Å². The molecule has 2 unspecified atom stereocenters. The number of benzene rings is 3. The molecule has 7 nitrogen and oxygen atoms in total. The number of hydrogen-bond donors (Lipinski definition) is 3. The Morgan fingerprint density at radius 1 is 1.08 bits per heavy atom. The SMILES string of the molecule is CNC(=O)C1c2cc(-c3cc(C(=O)NCC(C)C)ccc3OCCN)ccc2OC1c1ccc(F)cc1. The quantitative estimate of drug-likeness (QED) is 0.405. The first-order valence-electron chi connectivity index (χ1n) is 12.4. The van der Waals surface area contributed by atoms with Crippen LogP contribution in [-0.4, -0.2) is 38.6 Å². The third-order valence-corrected chi connectivity index (χ3v) is 6.23. The highest BCUT2D eigenvalue weighted by atomic mass is 19.1. The van der Waals surface area contributed by atoms with Crippen molar-refractivity contribution in [3.8, 4) is 22.6 Å². The second-order valence-corrected chi connectivity index (χ2v) is 9.39. The van der Waals surface area contributed by atoms with Crippen LogP contribution in [0, 0.1) is 11.7 Å². The van der Waals surface area contributed by atoms with E-state index >= 15 is 0 Å². The Morgan fingerprint density at radius 2 is 1.84 bits per heavy atom. The molecule has 1 heterocycles.